The number of rotatable bonds is 3. The van der Waals surface area contributed by atoms with E-state index in [1.54, 1.807) is 7.05 Å². The summed E-state index contributed by atoms with van der Waals surface area (Å²) >= 11 is 0. The second-order valence-corrected chi connectivity index (χ2v) is 7.06. The van der Waals surface area contributed by atoms with E-state index in [2.05, 4.69) is 62.8 Å². The Morgan fingerprint density at radius 1 is 1.12 bits per heavy atom. The second kappa shape index (κ2) is 6.30. The molecule has 1 atom stereocenters. The van der Waals surface area contributed by atoms with E-state index in [0.29, 0.717) is 12.4 Å². The average molecular weight is 347 g/mol. The standard InChI is InChI=1S/C20H21N5O/c1-24-22-20(21-23-24)19-13-25(8-9-26-19)12-14-6-7-18-16(10-14)11-15-4-2-3-5-17(15)18/h2-7,10,19H,8-9,11-13H2,1H3. The molecule has 6 heteroatoms. The molecule has 3 aromatic rings. The van der Waals surface area contributed by atoms with Crippen molar-refractivity contribution in [3.63, 3.8) is 0 Å². The molecular formula is C20H21N5O. The molecule has 0 amide bonds. The third-order valence-corrected chi connectivity index (χ3v) is 5.23. The fourth-order valence-electron chi connectivity index (χ4n) is 3.98. The van der Waals surface area contributed by atoms with Gasteiger partial charge >= 0.3 is 0 Å². The number of hydrogen-bond acceptors (Lipinski definition) is 5. The first-order chi connectivity index (χ1) is 12.8. The Morgan fingerprint density at radius 3 is 2.88 bits per heavy atom. The third kappa shape index (κ3) is 2.81. The van der Waals surface area contributed by atoms with Gasteiger partial charge in [-0.05, 0) is 39.5 Å². The van der Waals surface area contributed by atoms with Crippen molar-refractivity contribution in [1.29, 1.82) is 0 Å². The minimum atomic E-state index is -0.101. The fraction of sp³-hybridized carbons (Fsp3) is 0.350. The minimum Gasteiger partial charge on any atom is -0.367 e. The number of fused-ring (bicyclic) bond motifs is 3. The molecular weight excluding hydrogens is 326 g/mol. The summed E-state index contributed by atoms with van der Waals surface area (Å²) in [5.74, 6) is 0.668. The average Bonchev–Trinajstić information content (AvgIpc) is 3.25. The smallest absolute Gasteiger partial charge is 0.204 e. The minimum absolute atomic E-state index is 0.101. The quantitative estimate of drug-likeness (QED) is 0.569. The monoisotopic (exact) mass is 347 g/mol. The zero-order valence-electron chi connectivity index (χ0n) is 14.8. The van der Waals surface area contributed by atoms with Gasteiger partial charge in [-0.15, -0.1) is 10.2 Å². The van der Waals surface area contributed by atoms with Gasteiger partial charge in [-0.2, -0.15) is 4.80 Å². The zero-order valence-corrected chi connectivity index (χ0v) is 14.8. The van der Waals surface area contributed by atoms with E-state index in [4.69, 9.17) is 4.74 Å². The lowest BCUT2D eigenvalue weighted by molar-refractivity contribution is -0.0373. The summed E-state index contributed by atoms with van der Waals surface area (Å²) in [6.45, 7) is 3.33. The predicted molar refractivity (Wildman–Crippen MR) is 97.5 cm³/mol. The van der Waals surface area contributed by atoms with Crippen molar-refractivity contribution in [3.05, 3.63) is 65.0 Å². The maximum atomic E-state index is 5.84. The van der Waals surface area contributed by atoms with Crippen LogP contribution in [0.25, 0.3) is 11.1 Å². The number of aryl methyl sites for hydroxylation is 1. The normalized spacial score (nSPS) is 19.3. The Bertz CT molecular complexity index is 951. The lowest BCUT2D eigenvalue weighted by atomic mass is 10.0. The Morgan fingerprint density at radius 2 is 2.00 bits per heavy atom. The molecule has 2 aliphatic rings. The van der Waals surface area contributed by atoms with Crippen molar-refractivity contribution in [3.8, 4) is 11.1 Å². The molecule has 0 saturated carbocycles. The van der Waals surface area contributed by atoms with Crippen LogP contribution in [-0.4, -0.2) is 44.8 Å². The van der Waals surface area contributed by atoms with E-state index in [0.717, 1.165) is 26.1 Å². The lowest BCUT2D eigenvalue weighted by Crippen LogP contribution is -2.38. The first-order valence-electron chi connectivity index (χ1n) is 9.04. The lowest BCUT2D eigenvalue weighted by Gasteiger charge is -2.31. The van der Waals surface area contributed by atoms with Crippen molar-refractivity contribution < 1.29 is 4.74 Å². The number of nitrogens with zero attached hydrogens (tertiary/aromatic N) is 5. The molecule has 0 spiro atoms. The van der Waals surface area contributed by atoms with Crippen molar-refractivity contribution in [1.82, 2.24) is 25.1 Å². The van der Waals surface area contributed by atoms with E-state index in [9.17, 15) is 0 Å². The molecule has 1 unspecified atom stereocenters. The number of morpholine rings is 1. The molecule has 0 N–H and O–H groups in total. The van der Waals surface area contributed by atoms with Gasteiger partial charge in [-0.25, -0.2) is 0 Å². The van der Waals surface area contributed by atoms with Gasteiger partial charge in [0.1, 0.15) is 6.10 Å². The molecule has 0 radical (unpaired) electrons. The molecule has 6 nitrogen and oxygen atoms in total. The largest absolute Gasteiger partial charge is 0.367 e. The van der Waals surface area contributed by atoms with Gasteiger partial charge in [0.05, 0.1) is 13.7 Å². The van der Waals surface area contributed by atoms with Crippen LogP contribution in [0, 0.1) is 0 Å². The highest BCUT2D eigenvalue weighted by molar-refractivity contribution is 5.76. The third-order valence-electron chi connectivity index (χ3n) is 5.23. The van der Waals surface area contributed by atoms with Gasteiger partial charge in [0.2, 0.25) is 5.82 Å². The van der Waals surface area contributed by atoms with E-state index < -0.39 is 0 Å². The Balaban J connectivity index is 1.32. The number of aromatic nitrogens is 4. The Hall–Kier alpha value is -2.57. The molecule has 26 heavy (non-hydrogen) atoms. The second-order valence-electron chi connectivity index (χ2n) is 7.06. The highest BCUT2D eigenvalue weighted by Crippen LogP contribution is 2.37. The van der Waals surface area contributed by atoms with Crippen LogP contribution in [0.3, 0.4) is 0 Å². The molecule has 2 aromatic carbocycles. The van der Waals surface area contributed by atoms with Gasteiger partial charge in [0, 0.05) is 19.6 Å². The van der Waals surface area contributed by atoms with Gasteiger partial charge in [0.15, 0.2) is 0 Å². The van der Waals surface area contributed by atoms with Crippen LogP contribution < -0.4 is 0 Å². The van der Waals surface area contributed by atoms with Gasteiger partial charge in [-0.1, -0.05) is 42.5 Å². The zero-order chi connectivity index (χ0) is 17.5. The predicted octanol–water partition coefficient (Wildman–Crippen LogP) is 2.35. The SMILES string of the molecule is Cn1nnc(C2CN(Cc3ccc4c(c3)Cc3ccccc3-4)CCO2)n1. The van der Waals surface area contributed by atoms with Crippen LogP contribution in [0.4, 0.5) is 0 Å². The summed E-state index contributed by atoms with van der Waals surface area (Å²) in [6.07, 6.45) is 0.936. The highest BCUT2D eigenvalue weighted by Gasteiger charge is 2.26. The molecule has 1 aromatic heterocycles. The summed E-state index contributed by atoms with van der Waals surface area (Å²) in [4.78, 5) is 3.89. The molecule has 2 heterocycles. The highest BCUT2D eigenvalue weighted by atomic mass is 16.5. The number of hydrogen-bond donors (Lipinski definition) is 0. The summed E-state index contributed by atoms with van der Waals surface area (Å²) in [5, 5.41) is 12.3. The van der Waals surface area contributed by atoms with Crippen molar-refractivity contribution in [2.24, 2.45) is 7.05 Å². The summed E-state index contributed by atoms with van der Waals surface area (Å²) < 4.78 is 5.84. The summed E-state index contributed by atoms with van der Waals surface area (Å²) in [7, 11) is 1.78. The van der Waals surface area contributed by atoms with E-state index in [-0.39, 0.29) is 6.10 Å². The molecule has 0 bridgehead atoms. The van der Waals surface area contributed by atoms with E-state index in [1.807, 2.05) is 0 Å². The van der Waals surface area contributed by atoms with E-state index in [1.165, 1.54) is 32.6 Å². The first kappa shape index (κ1) is 15.7. The molecule has 132 valence electrons. The fourth-order valence-corrected chi connectivity index (χ4v) is 3.98. The topological polar surface area (TPSA) is 56.1 Å². The van der Waals surface area contributed by atoms with Crippen molar-refractivity contribution in [2.45, 2.75) is 19.1 Å². The molecule has 1 aliphatic carbocycles. The Kier molecular flexibility index (Phi) is 3.80. The van der Waals surface area contributed by atoms with Crippen molar-refractivity contribution >= 4 is 0 Å². The van der Waals surface area contributed by atoms with Crippen LogP contribution in [0.5, 0.6) is 0 Å². The van der Waals surface area contributed by atoms with Gasteiger partial charge in [-0.3, -0.25) is 4.90 Å². The van der Waals surface area contributed by atoms with Crippen LogP contribution in [0.1, 0.15) is 28.6 Å². The summed E-state index contributed by atoms with van der Waals surface area (Å²) in [5.41, 5.74) is 6.98. The van der Waals surface area contributed by atoms with Crippen LogP contribution >= 0.6 is 0 Å². The van der Waals surface area contributed by atoms with Crippen LogP contribution in [-0.2, 0) is 24.8 Å². The number of tetrazole rings is 1. The molecule has 1 aliphatic heterocycles. The maximum absolute atomic E-state index is 5.84. The summed E-state index contributed by atoms with van der Waals surface area (Å²) in [6, 6.07) is 15.6. The molecule has 1 fully saturated rings. The maximum Gasteiger partial charge on any atom is 0.204 e. The molecule has 5 rings (SSSR count). The van der Waals surface area contributed by atoms with Crippen LogP contribution in [0.2, 0.25) is 0 Å². The van der Waals surface area contributed by atoms with Gasteiger partial charge < -0.3 is 4.74 Å². The van der Waals surface area contributed by atoms with Crippen LogP contribution in [0.15, 0.2) is 42.5 Å². The van der Waals surface area contributed by atoms with Crippen molar-refractivity contribution in [2.75, 3.05) is 19.7 Å². The first-order valence-corrected chi connectivity index (χ1v) is 9.04. The van der Waals surface area contributed by atoms with Gasteiger partial charge in [0.25, 0.3) is 0 Å². The molecule has 1 saturated heterocycles. The number of benzene rings is 2. The Labute approximate surface area is 152 Å². The number of ether oxygens (including phenoxy) is 1. The van der Waals surface area contributed by atoms with E-state index >= 15 is 0 Å².